The number of carbonyl (C=O) groups excluding carboxylic acids is 1. The first-order valence-electron chi connectivity index (χ1n) is 16.6. The summed E-state index contributed by atoms with van der Waals surface area (Å²) in [5, 5.41) is 22.3. The summed E-state index contributed by atoms with van der Waals surface area (Å²) in [4.78, 5) is 24.6. The Kier molecular flexibility index (Phi) is 7.96. The maximum Gasteiger partial charge on any atom is 0.226 e. The van der Waals surface area contributed by atoms with Gasteiger partial charge < -0.3 is 20.3 Å². The van der Waals surface area contributed by atoms with Gasteiger partial charge in [0.25, 0.3) is 0 Å². The normalized spacial score (nSPS) is 21.1. The average Bonchev–Trinajstić information content (AvgIpc) is 3.84. The molecule has 0 bridgehead atoms. The number of nitrogens with zero attached hydrogens (tertiary/aromatic N) is 7. The molecule has 2 aliphatic carbocycles. The van der Waals surface area contributed by atoms with Crippen molar-refractivity contribution in [2.24, 2.45) is 0 Å². The van der Waals surface area contributed by atoms with Gasteiger partial charge in [-0.2, -0.15) is 15.3 Å². The number of fused-ring (bicyclic) bond motifs is 4. The maximum absolute atomic E-state index is 12.4. The topological polar surface area (TPSA) is 161 Å². The molecule has 1 spiro atoms. The molecule has 3 aromatic heterocycles. The van der Waals surface area contributed by atoms with Gasteiger partial charge in [0.2, 0.25) is 11.8 Å². The number of hydrogen-bond acceptors (Lipinski definition) is 10. The number of likely N-dealkylation sites (N-methyl/N-ethyl adjacent to an activating group) is 1. The Morgan fingerprint density at radius 2 is 2.06 bits per heavy atom. The number of nitriles is 1. The van der Waals surface area contributed by atoms with Crippen LogP contribution in [-0.4, -0.2) is 67.5 Å². The molecule has 1 saturated heterocycles. The maximum atomic E-state index is 12.4. The molecular weight excluding hydrogens is 594 g/mol. The highest BCUT2D eigenvalue weighted by Crippen LogP contribution is 2.54. The number of ether oxygens (including phenoxy) is 1. The monoisotopic (exact) mass is 635 g/mol. The first-order valence-corrected chi connectivity index (χ1v) is 16.6. The van der Waals surface area contributed by atoms with Crippen molar-refractivity contribution in [3.63, 3.8) is 0 Å². The predicted molar refractivity (Wildman–Crippen MR) is 175 cm³/mol. The molecule has 1 amide bonds. The van der Waals surface area contributed by atoms with Crippen LogP contribution in [0.4, 0.5) is 5.69 Å². The van der Waals surface area contributed by atoms with Gasteiger partial charge >= 0.3 is 0 Å². The van der Waals surface area contributed by atoms with Crippen LogP contribution in [0.3, 0.4) is 0 Å². The summed E-state index contributed by atoms with van der Waals surface area (Å²) in [5.74, 6) is 1.98. The molecule has 3 atom stereocenters. The minimum absolute atomic E-state index is 0.0451. The van der Waals surface area contributed by atoms with E-state index in [0.717, 1.165) is 73.9 Å². The van der Waals surface area contributed by atoms with Gasteiger partial charge in [-0.1, -0.05) is 11.2 Å². The number of aromatic nitrogens is 5. The van der Waals surface area contributed by atoms with Crippen molar-refractivity contribution in [2.75, 3.05) is 19.3 Å². The summed E-state index contributed by atoms with van der Waals surface area (Å²) in [7, 11) is 2.12. The summed E-state index contributed by atoms with van der Waals surface area (Å²) in [6.45, 7) is 6.97. The van der Waals surface area contributed by atoms with E-state index in [4.69, 9.17) is 25.0 Å². The zero-order valence-electron chi connectivity index (χ0n) is 27.4. The zero-order chi connectivity index (χ0) is 32.9. The van der Waals surface area contributed by atoms with Gasteiger partial charge in [-0.15, -0.1) is 0 Å². The van der Waals surface area contributed by atoms with E-state index in [2.05, 4.69) is 40.5 Å². The number of carbonyl (C=O) groups is 1. The van der Waals surface area contributed by atoms with Crippen molar-refractivity contribution in [3.8, 4) is 29.3 Å². The Hall–Kier alpha value is -4.76. The average molecular weight is 636 g/mol. The Labute approximate surface area is 274 Å². The quantitative estimate of drug-likeness (QED) is 0.268. The fourth-order valence-electron chi connectivity index (χ4n) is 7.88. The summed E-state index contributed by atoms with van der Waals surface area (Å²) in [6.07, 6.45) is 8.19. The second-order valence-electron chi connectivity index (χ2n) is 13.5. The van der Waals surface area contributed by atoms with Crippen LogP contribution in [0, 0.1) is 11.3 Å². The van der Waals surface area contributed by atoms with Crippen LogP contribution < -0.4 is 15.8 Å². The standard InChI is InChI=1S/C35H41N9O3/c1-20(2)38-29(45)17-23-12-16-44(41-23)28-18-30(46-21(3)27-8-6-15-43(27)4)40-34(39-28)32-24-7-5-13-35(33(24)47-42-32)14-11-22-9-10-26(37)25(19-36)31(22)35/h9-10,12,16,18,20-21,27H,5-8,11,13-15,17,37H2,1-4H3,(H,38,45)/t21-,27-,35-/m0/s1. The van der Waals surface area contributed by atoms with Crippen LogP contribution >= 0.6 is 0 Å². The van der Waals surface area contributed by atoms with Crippen LogP contribution in [0.2, 0.25) is 0 Å². The number of nitrogen functional groups attached to an aromatic ring is 1. The van der Waals surface area contributed by atoms with Crippen LogP contribution in [0.5, 0.6) is 5.88 Å². The van der Waals surface area contributed by atoms with E-state index in [0.29, 0.717) is 40.2 Å². The van der Waals surface area contributed by atoms with E-state index < -0.39 is 5.41 Å². The van der Waals surface area contributed by atoms with Gasteiger partial charge in [-0.3, -0.25) is 9.69 Å². The molecule has 4 aromatic rings. The van der Waals surface area contributed by atoms with Gasteiger partial charge in [0, 0.05) is 35.6 Å². The van der Waals surface area contributed by atoms with Crippen molar-refractivity contribution >= 4 is 11.6 Å². The van der Waals surface area contributed by atoms with Crippen molar-refractivity contribution in [3.05, 3.63) is 64.2 Å². The van der Waals surface area contributed by atoms with Gasteiger partial charge in [-0.05, 0) is 103 Å². The minimum Gasteiger partial charge on any atom is -0.473 e. The lowest BCUT2D eigenvalue weighted by molar-refractivity contribution is -0.120. The lowest BCUT2D eigenvalue weighted by Crippen LogP contribution is -2.38. The van der Waals surface area contributed by atoms with E-state index >= 15 is 0 Å². The summed E-state index contributed by atoms with van der Waals surface area (Å²) >= 11 is 0. The zero-order valence-corrected chi connectivity index (χ0v) is 27.4. The molecule has 3 aliphatic rings. The number of benzene rings is 1. The van der Waals surface area contributed by atoms with E-state index in [1.54, 1.807) is 16.9 Å². The molecule has 3 N–H and O–H groups in total. The number of nitrogens with two attached hydrogens (primary N) is 1. The van der Waals surface area contributed by atoms with E-state index in [1.165, 1.54) is 0 Å². The second kappa shape index (κ2) is 12.1. The lowest BCUT2D eigenvalue weighted by atomic mass is 9.68. The van der Waals surface area contributed by atoms with E-state index in [9.17, 15) is 10.1 Å². The number of rotatable bonds is 8. The smallest absolute Gasteiger partial charge is 0.226 e. The third kappa shape index (κ3) is 5.52. The predicted octanol–water partition coefficient (Wildman–Crippen LogP) is 4.27. The molecule has 1 aromatic carbocycles. The van der Waals surface area contributed by atoms with Gasteiger partial charge in [0.05, 0.1) is 23.1 Å². The number of anilines is 1. The number of nitrogens with one attached hydrogen (secondary N) is 1. The molecule has 12 nitrogen and oxygen atoms in total. The van der Waals surface area contributed by atoms with Gasteiger partial charge in [0.1, 0.15) is 12.2 Å². The van der Waals surface area contributed by atoms with Crippen LogP contribution in [-0.2, 0) is 29.5 Å². The van der Waals surface area contributed by atoms with Crippen molar-refractivity contribution in [1.82, 2.24) is 35.1 Å². The molecule has 244 valence electrons. The Morgan fingerprint density at radius 3 is 2.83 bits per heavy atom. The van der Waals surface area contributed by atoms with Crippen LogP contribution in [0.15, 0.2) is 35.0 Å². The van der Waals surface area contributed by atoms with Crippen molar-refractivity contribution in [1.29, 1.82) is 5.26 Å². The molecule has 0 radical (unpaired) electrons. The highest BCUT2D eigenvalue weighted by molar-refractivity contribution is 5.78. The highest BCUT2D eigenvalue weighted by atomic mass is 16.5. The molecular formula is C35H41N9O3. The molecule has 47 heavy (non-hydrogen) atoms. The number of likely N-dealkylation sites (tertiary alicyclic amines) is 1. The molecule has 0 unspecified atom stereocenters. The van der Waals surface area contributed by atoms with E-state index in [1.807, 2.05) is 32.0 Å². The van der Waals surface area contributed by atoms with Gasteiger partial charge in [-0.25, -0.2) is 9.67 Å². The summed E-state index contributed by atoms with van der Waals surface area (Å²) in [5.41, 5.74) is 11.1. The first kappa shape index (κ1) is 30.9. The third-order valence-corrected chi connectivity index (χ3v) is 9.99. The fourth-order valence-corrected chi connectivity index (χ4v) is 7.88. The molecule has 0 saturated carbocycles. The molecule has 12 heteroatoms. The highest BCUT2D eigenvalue weighted by Gasteiger charge is 2.49. The summed E-state index contributed by atoms with van der Waals surface area (Å²) in [6, 6.07) is 10.2. The second-order valence-corrected chi connectivity index (χ2v) is 13.5. The Morgan fingerprint density at radius 1 is 1.21 bits per heavy atom. The molecule has 1 aliphatic heterocycles. The third-order valence-electron chi connectivity index (χ3n) is 9.99. The lowest BCUT2D eigenvalue weighted by Gasteiger charge is -2.33. The number of aryl methyl sites for hydroxylation is 1. The van der Waals surface area contributed by atoms with E-state index in [-0.39, 0.29) is 30.5 Å². The number of amides is 1. The Bertz CT molecular complexity index is 1870. The first-order chi connectivity index (χ1) is 22.7. The number of hydrogen-bond donors (Lipinski definition) is 2. The molecule has 7 rings (SSSR count). The largest absolute Gasteiger partial charge is 0.473 e. The van der Waals surface area contributed by atoms with Crippen LogP contribution in [0.25, 0.3) is 17.3 Å². The Balaban J connectivity index is 1.29. The fraction of sp³-hybridized carbons (Fsp3) is 0.486. The van der Waals surface area contributed by atoms with Crippen molar-refractivity contribution < 1.29 is 14.1 Å². The van der Waals surface area contributed by atoms with Crippen molar-refractivity contribution in [2.45, 2.75) is 95.7 Å². The molecule has 4 heterocycles. The summed E-state index contributed by atoms with van der Waals surface area (Å²) < 4.78 is 14.4. The van der Waals surface area contributed by atoms with Crippen LogP contribution in [0.1, 0.15) is 86.6 Å². The SMILES string of the molecule is CC(C)NC(=O)Cc1ccn(-c2cc(O[C@@H](C)[C@@H]3CCCN3C)nc(-c3noc4c3CCC[C@@]43CCc4ccc(N)c(C#N)c43)n2)n1. The van der Waals surface area contributed by atoms with Gasteiger partial charge in [0.15, 0.2) is 23.1 Å². The molecule has 1 fully saturated rings. The minimum atomic E-state index is -0.472.